The number of rotatable bonds is 4. The van der Waals surface area contributed by atoms with E-state index in [4.69, 9.17) is 9.98 Å². The maximum Gasteiger partial charge on any atom is 0.159 e. The highest BCUT2D eigenvalue weighted by molar-refractivity contribution is 6.27. The number of para-hydroxylation sites is 1. The first-order valence-corrected chi connectivity index (χ1v) is 20.1. The second kappa shape index (κ2) is 12.0. The highest BCUT2D eigenvalue weighted by Gasteiger charge is 2.32. The van der Waals surface area contributed by atoms with Crippen LogP contribution in [0.1, 0.15) is 51.9 Å². The molecule has 2 atom stereocenters. The summed E-state index contributed by atoms with van der Waals surface area (Å²) in [5.41, 5.74) is 14.6. The number of hydrogen-bond donors (Lipinski definition) is 1. The molecule has 0 bridgehead atoms. The van der Waals surface area contributed by atoms with Crippen molar-refractivity contribution in [2.45, 2.75) is 18.5 Å². The van der Waals surface area contributed by atoms with Gasteiger partial charge in [0.2, 0.25) is 0 Å². The van der Waals surface area contributed by atoms with Gasteiger partial charge in [0.15, 0.2) is 5.84 Å². The van der Waals surface area contributed by atoms with Crippen LogP contribution < -0.4 is 5.32 Å². The van der Waals surface area contributed by atoms with Gasteiger partial charge in [-0.15, -0.1) is 0 Å². The van der Waals surface area contributed by atoms with Gasteiger partial charge in [0.1, 0.15) is 12.0 Å². The van der Waals surface area contributed by atoms with Crippen molar-refractivity contribution in [2.24, 2.45) is 9.98 Å². The largest absolute Gasteiger partial charge is 0.344 e. The molecule has 0 saturated heterocycles. The molecule has 2 aromatic heterocycles. The van der Waals surface area contributed by atoms with Crippen molar-refractivity contribution in [3.8, 4) is 11.4 Å². The zero-order chi connectivity index (χ0) is 37.9. The lowest BCUT2D eigenvalue weighted by Crippen LogP contribution is -2.33. The van der Waals surface area contributed by atoms with Gasteiger partial charge in [-0.05, 0) is 94.0 Å². The van der Waals surface area contributed by atoms with Crippen LogP contribution >= 0.6 is 0 Å². The number of nitrogens with one attached hydrogen (secondary N) is 1. The normalized spacial score (nSPS) is 16.8. The van der Waals surface area contributed by atoms with Gasteiger partial charge in [-0.1, -0.05) is 127 Å². The van der Waals surface area contributed by atoms with E-state index >= 15 is 0 Å². The Balaban J connectivity index is 1.01. The van der Waals surface area contributed by atoms with Gasteiger partial charge < -0.3 is 14.5 Å². The number of allylic oxidation sites excluding steroid dienone is 1. The predicted octanol–water partition coefficient (Wildman–Crippen LogP) is 12.4. The van der Waals surface area contributed by atoms with Crippen molar-refractivity contribution in [2.75, 3.05) is 0 Å². The van der Waals surface area contributed by atoms with Crippen molar-refractivity contribution in [1.29, 1.82) is 0 Å². The molecule has 13 rings (SSSR count). The Morgan fingerprint density at radius 2 is 1.36 bits per heavy atom. The van der Waals surface area contributed by atoms with Crippen molar-refractivity contribution in [1.82, 2.24) is 14.5 Å². The molecule has 0 fully saturated rings. The average Bonchev–Trinajstić information content (AvgIpc) is 3.81. The van der Waals surface area contributed by atoms with E-state index in [0.717, 1.165) is 34.6 Å². The van der Waals surface area contributed by atoms with E-state index in [2.05, 4.69) is 190 Å². The van der Waals surface area contributed by atoms with Crippen LogP contribution in [0.4, 0.5) is 0 Å². The van der Waals surface area contributed by atoms with Crippen molar-refractivity contribution >= 4 is 72.1 Å². The maximum atomic E-state index is 5.24. The molecule has 0 saturated carbocycles. The minimum atomic E-state index is -0.286. The van der Waals surface area contributed by atoms with Crippen molar-refractivity contribution in [3.63, 3.8) is 0 Å². The topological polar surface area (TPSA) is 46.6 Å². The molecule has 272 valence electrons. The summed E-state index contributed by atoms with van der Waals surface area (Å²) in [7, 11) is 0. The SMILES string of the molecule is C1=Cc2cccc3c2C(C1)c1cccc2c1c1c(ccc4c5ccccc5n-3c41)n2-c1ccc(C2=NC(c3ccc4ccccc4c3)NC(c3ccccc3)=N2)cc1. The Kier molecular flexibility index (Phi) is 6.55. The van der Waals surface area contributed by atoms with Gasteiger partial charge >= 0.3 is 0 Å². The average molecular weight is 742 g/mol. The molecule has 2 unspecified atom stereocenters. The van der Waals surface area contributed by atoms with E-state index in [9.17, 15) is 0 Å². The van der Waals surface area contributed by atoms with Gasteiger partial charge in [-0.2, -0.15) is 0 Å². The molecule has 4 heterocycles. The van der Waals surface area contributed by atoms with E-state index in [0.29, 0.717) is 5.84 Å². The van der Waals surface area contributed by atoms with E-state index in [1.165, 1.54) is 76.8 Å². The van der Waals surface area contributed by atoms with Gasteiger partial charge in [0.25, 0.3) is 0 Å². The molecule has 58 heavy (non-hydrogen) atoms. The van der Waals surface area contributed by atoms with Crippen LogP contribution in [0.25, 0.3) is 71.8 Å². The predicted molar refractivity (Wildman–Crippen MR) is 240 cm³/mol. The van der Waals surface area contributed by atoms with E-state index in [-0.39, 0.29) is 12.1 Å². The van der Waals surface area contributed by atoms with Crippen LogP contribution in [0.2, 0.25) is 0 Å². The van der Waals surface area contributed by atoms with Crippen molar-refractivity contribution in [3.05, 3.63) is 209 Å². The molecule has 3 aliphatic rings. The Morgan fingerprint density at radius 3 is 2.28 bits per heavy atom. The van der Waals surface area contributed by atoms with Crippen molar-refractivity contribution < 1.29 is 0 Å². The summed E-state index contributed by atoms with van der Waals surface area (Å²) in [5, 5.41) is 11.3. The fourth-order valence-corrected chi connectivity index (χ4v) is 10.1. The molecule has 0 spiro atoms. The first kappa shape index (κ1) is 31.7. The first-order valence-electron chi connectivity index (χ1n) is 20.1. The fourth-order valence-electron chi connectivity index (χ4n) is 10.1. The van der Waals surface area contributed by atoms with E-state index in [1.807, 2.05) is 6.07 Å². The maximum absolute atomic E-state index is 5.24. The molecular weight excluding hydrogens is 707 g/mol. The number of nitrogens with zero attached hydrogens (tertiary/aromatic N) is 4. The molecule has 5 nitrogen and oxygen atoms in total. The summed E-state index contributed by atoms with van der Waals surface area (Å²) in [6, 6.07) is 61.6. The Bertz CT molecular complexity index is 3450. The Hall–Kier alpha value is -7.50. The third-order valence-electron chi connectivity index (χ3n) is 12.6. The van der Waals surface area contributed by atoms with Crippen LogP contribution in [-0.4, -0.2) is 20.8 Å². The molecule has 0 radical (unpaired) electrons. The third-order valence-corrected chi connectivity index (χ3v) is 12.6. The van der Waals surface area contributed by atoms with Crippen LogP contribution in [0.3, 0.4) is 0 Å². The summed E-state index contributed by atoms with van der Waals surface area (Å²) < 4.78 is 5.03. The summed E-state index contributed by atoms with van der Waals surface area (Å²) in [6.07, 6.45) is 5.36. The number of amidine groups is 2. The first-order chi connectivity index (χ1) is 28.8. The summed E-state index contributed by atoms with van der Waals surface area (Å²) in [6.45, 7) is 0. The molecule has 1 aliphatic carbocycles. The molecule has 0 amide bonds. The minimum Gasteiger partial charge on any atom is -0.344 e. The fraction of sp³-hybridized carbons (Fsp3) is 0.0566. The lowest BCUT2D eigenvalue weighted by Gasteiger charge is -2.28. The van der Waals surface area contributed by atoms with Gasteiger partial charge in [-0.3, -0.25) is 0 Å². The molecule has 10 aromatic rings. The third kappa shape index (κ3) is 4.47. The summed E-state index contributed by atoms with van der Waals surface area (Å²) >= 11 is 0. The highest BCUT2D eigenvalue weighted by atomic mass is 15.2. The molecule has 1 N–H and O–H groups in total. The number of benzene rings is 8. The number of aromatic nitrogens is 2. The van der Waals surface area contributed by atoms with Gasteiger partial charge in [0.05, 0.1) is 27.8 Å². The van der Waals surface area contributed by atoms with Crippen LogP contribution in [-0.2, 0) is 0 Å². The minimum absolute atomic E-state index is 0.246. The lowest BCUT2D eigenvalue weighted by molar-refractivity contribution is 0.675. The summed E-state index contributed by atoms with van der Waals surface area (Å²) in [5.74, 6) is 1.77. The van der Waals surface area contributed by atoms with E-state index < -0.39 is 0 Å². The number of fused-ring (bicyclic) bond motifs is 6. The Labute approximate surface area is 334 Å². The van der Waals surface area contributed by atoms with Gasteiger partial charge in [-0.25, -0.2) is 9.98 Å². The Morgan fingerprint density at radius 1 is 0.569 bits per heavy atom. The van der Waals surface area contributed by atoms with Crippen LogP contribution in [0.15, 0.2) is 186 Å². The van der Waals surface area contributed by atoms with Crippen LogP contribution in [0, 0.1) is 0 Å². The highest BCUT2D eigenvalue weighted by Crippen LogP contribution is 2.50. The second-order valence-corrected chi connectivity index (χ2v) is 15.7. The van der Waals surface area contributed by atoms with Gasteiger partial charge in [0, 0.05) is 44.3 Å². The molecule has 5 heteroatoms. The monoisotopic (exact) mass is 741 g/mol. The standard InChI is InChI=1S/C53H35N5/c1-2-12-34(13-3-1)51-54-52(56-53(55-51)37-24-23-32-11-4-5-14-36(32)31-37)35-25-27-38(28-26-35)57-45-22-10-19-41-40-18-8-15-33-16-9-21-44(47(33)40)58-43-20-7-6-17-39(43)42-29-30-46(57)49(48(41)45)50(42)58/h1-17,19-31,40,53H,18H2,(H,54,55,56). The quantitative estimate of drug-likeness (QED) is 0.192. The zero-order valence-corrected chi connectivity index (χ0v) is 31.5. The number of aliphatic imine (C=N–C) groups is 2. The molecule has 2 aliphatic heterocycles. The molecule has 8 aromatic carbocycles. The zero-order valence-electron chi connectivity index (χ0n) is 31.5. The summed E-state index contributed by atoms with van der Waals surface area (Å²) in [4.78, 5) is 10.4. The van der Waals surface area contributed by atoms with E-state index in [1.54, 1.807) is 0 Å². The second-order valence-electron chi connectivity index (χ2n) is 15.7. The smallest absolute Gasteiger partial charge is 0.159 e. The van der Waals surface area contributed by atoms with Crippen LogP contribution in [0.5, 0.6) is 0 Å². The lowest BCUT2D eigenvalue weighted by atomic mass is 9.79. The number of hydrogen-bond acceptors (Lipinski definition) is 3. The molecular formula is C53H35N5.